The van der Waals surface area contributed by atoms with E-state index >= 15 is 0 Å². The first-order valence-corrected chi connectivity index (χ1v) is 3.58. The SMILES string of the molecule is CC.N#Cc1ccc(N)cc1. The Labute approximate surface area is 67.3 Å². The van der Waals surface area contributed by atoms with E-state index in [1.54, 1.807) is 24.3 Å². The third kappa shape index (κ3) is 3.27. The fraction of sp³-hybridized carbons (Fsp3) is 0.222. The lowest BCUT2D eigenvalue weighted by Gasteiger charge is -1.88. The highest BCUT2D eigenvalue weighted by molar-refractivity contribution is 5.42. The number of benzene rings is 1. The molecule has 0 aliphatic rings. The minimum Gasteiger partial charge on any atom is -0.399 e. The molecule has 0 aliphatic carbocycles. The van der Waals surface area contributed by atoms with Crippen molar-refractivity contribution in [2.75, 3.05) is 5.73 Å². The van der Waals surface area contributed by atoms with Crippen molar-refractivity contribution in [3.05, 3.63) is 29.8 Å². The lowest BCUT2D eigenvalue weighted by molar-refractivity contribution is 1.49. The molecule has 0 fully saturated rings. The topological polar surface area (TPSA) is 49.8 Å². The number of nitrogen functional groups attached to an aromatic ring is 1. The molecule has 1 rings (SSSR count). The molecule has 0 atom stereocenters. The minimum atomic E-state index is 0.643. The van der Waals surface area contributed by atoms with Crippen LogP contribution in [0.3, 0.4) is 0 Å². The molecule has 0 saturated heterocycles. The molecular formula is C9H12N2. The van der Waals surface area contributed by atoms with E-state index in [0.29, 0.717) is 11.3 Å². The van der Waals surface area contributed by atoms with Crippen molar-refractivity contribution in [2.24, 2.45) is 0 Å². The Kier molecular flexibility index (Phi) is 4.59. The maximum absolute atomic E-state index is 8.34. The summed E-state index contributed by atoms with van der Waals surface area (Å²) in [6, 6.07) is 8.79. The molecule has 58 valence electrons. The van der Waals surface area contributed by atoms with Gasteiger partial charge in [0.15, 0.2) is 0 Å². The fourth-order valence-electron chi connectivity index (χ4n) is 0.558. The molecule has 0 radical (unpaired) electrons. The molecule has 2 N–H and O–H groups in total. The molecule has 1 aromatic rings. The summed E-state index contributed by atoms with van der Waals surface area (Å²) in [5, 5.41) is 8.34. The Bertz CT molecular complexity index is 231. The Balaban J connectivity index is 0.000000461. The second-order valence-corrected chi connectivity index (χ2v) is 1.73. The highest BCUT2D eigenvalue weighted by Crippen LogP contribution is 2.02. The highest BCUT2D eigenvalue weighted by atomic mass is 14.5. The summed E-state index contributed by atoms with van der Waals surface area (Å²) in [6.07, 6.45) is 0. The predicted molar refractivity (Wildman–Crippen MR) is 46.9 cm³/mol. The summed E-state index contributed by atoms with van der Waals surface area (Å²) in [5.41, 5.74) is 6.70. The van der Waals surface area contributed by atoms with Crippen LogP contribution in [0.1, 0.15) is 19.4 Å². The van der Waals surface area contributed by atoms with Gasteiger partial charge in [0.25, 0.3) is 0 Å². The molecule has 2 heteroatoms. The maximum atomic E-state index is 8.34. The molecule has 0 spiro atoms. The van der Waals surface area contributed by atoms with Crippen molar-refractivity contribution >= 4 is 5.69 Å². The third-order valence-corrected chi connectivity index (χ3v) is 1.04. The molecule has 0 amide bonds. The van der Waals surface area contributed by atoms with Crippen molar-refractivity contribution in [3.8, 4) is 6.07 Å². The van der Waals surface area contributed by atoms with E-state index in [9.17, 15) is 0 Å². The number of nitriles is 1. The molecule has 0 bridgehead atoms. The predicted octanol–water partition coefficient (Wildman–Crippen LogP) is 2.17. The average molecular weight is 148 g/mol. The van der Waals surface area contributed by atoms with Crippen LogP contribution in [0, 0.1) is 11.3 Å². The van der Waals surface area contributed by atoms with E-state index in [2.05, 4.69) is 0 Å². The summed E-state index contributed by atoms with van der Waals surface area (Å²) < 4.78 is 0. The van der Waals surface area contributed by atoms with Crippen LogP contribution < -0.4 is 5.73 Å². The number of hydrogen-bond acceptors (Lipinski definition) is 2. The molecule has 0 unspecified atom stereocenters. The number of anilines is 1. The molecular weight excluding hydrogens is 136 g/mol. The molecule has 0 aromatic heterocycles. The van der Waals surface area contributed by atoms with Gasteiger partial charge >= 0.3 is 0 Å². The smallest absolute Gasteiger partial charge is 0.0991 e. The lowest BCUT2D eigenvalue weighted by Crippen LogP contribution is -1.82. The van der Waals surface area contributed by atoms with Gasteiger partial charge in [0, 0.05) is 5.69 Å². The number of hydrogen-bond donors (Lipinski definition) is 1. The largest absolute Gasteiger partial charge is 0.399 e. The molecule has 0 aliphatic heterocycles. The van der Waals surface area contributed by atoms with Gasteiger partial charge in [0.2, 0.25) is 0 Å². The molecule has 0 heterocycles. The van der Waals surface area contributed by atoms with E-state index in [1.165, 1.54) is 0 Å². The lowest BCUT2D eigenvalue weighted by atomic mass is 10.2. The zero-order valence-electron chi connectivity index (χ0n) is 6.83. The van der Waals surface area contributed by atoms with Gasteiger partial charge < -0.3 is 5.73 Å². The van der Waals surface area contributed by atoms with Crippen LogP contribution in [0.4, 0.5) is 5.69 Å². The monoisotopic (exact) mass is 148 g/mol. The van der Waals surface area contributed by atoms with Gasteiger partial charge in [0.1, 0.15) is 0 Å². The van der Waals surface area contributed by atoms with Crippen molar-refractivity contribution in [1.82, 2.24) is 0 Å². The van der Waals surface area contributed by atoms with Gasteiger partial charge in [-0.3, -0.25) is 0 Å². The van der Waals surface area contributed by atoms with E-state index in [0.717, 1.165) is 0 Å². The first-order chi connectivity index (χ1) is 5.33. The summed E-state index contributed by atoms with van der Waals surface area (Å²) in [6.45, 7) is 4.00. The quantitative estimate of drug-likeness (QED) is 0.573. The first kappa shape index (κ1) is 9.51. The Morgan fingerprint density at radius 3 is 2.00 bits per heavy atom. The highest BCUT2D eigenvalue weighted by Gasteiger charge is 1.85. The van der Waals surface area contributed by atoms with E-state index in [1.807, 2.05) is 19.9 Å². The van der Waals surface area contributed by atoms with Crippen LogP contribution in [0.5, 0.6) is 0 Å². The standard InChI is InChI=1S/C7H6N2.C2H6/c8-5-6-1-3-7(9)4-2-6;1-2/h1-4H,9H2;1-2H3. The second-order valence-electron chi connectivity index (χ2n) is 1.73. The Morgan fingerprint density at radius 1 is 1.18 bits per heavy atom. The van der Waals surface area contributed by atoms with Gasteiger partial charge in [-0.1, -0.05) is 13.8 Å². The molecule has 2 nitrogen and oxygen atoms in total. The van der Waals surface area contributed by atoms with Crippen LogP contribution in [-0.2, 0) is 0 Å². The Hall–Kier alpha value is -1.49. The summed E-state index contributed by atoms with van der Waals surface area (Å²) in [5.74, 6) is 0. The fourth-order valence-corrected chi connectivity index (χ4v) is 0.558. The Morgan fingerprint density at radius 2 is 1.64 bits per heavy atom. The van der Waals surface area contributed by atoms with Crippen molar-refractivity contribution in [2.45, 2.75) is 13.8 Å². The molecule has 0 saturated carbocycles. The zero-order chi connectivity index (χ0) is 8.69. The van der Waals surface area contributed by atoms with Crippen molar-refractivity contribution in [1.29, 1.82) is 5.26 Å². The third-order valence-electron chi connectivity index (χ3n) is 1.04. The van der Waals surface area contributed by atoms with E-state index < -0.39 is 0 Å². The molecule has 11 heavy (non-hydrogen) atoms. The van der Waals surface area contributed by atoms with Crippen molar-refractivity contribution < 1.29 is 0 Å². The number of nitrogens with zero attached hydrogens (tertiary/aromatic N) is 1. The zero-order valence-corrected chi connectivity index (χ0v) is 6.83. The minimum absolute atomic E-state index is 0.643. The average Bonchev–Trinajstić information content (AvgIpc) is 2.10. The van der Waals surface area contributed by atoms with Crippen LogP contribution in [0.2, 0.25) is 0 Å². The number of rotatable bonds is 0. The van der Waals surface area contributed by atoms with Gasteiger partial charge in [-0.25, -0.2) is 0 Å². The van der Waals surface area contributed by atoms with Crippen LogP contribution >= 0.6 is 0 Å². The van der Waals surface area contributed by atoms with E-state index in [-0.39, 0.29) is 0 Å². The van der Waals surface area contributed by atoms with Gasteiger partial charge in [-0.2, -0.15) is 5.26 Å². The maximum Gasteiger partial charge on any atom is 0.0991 e. The second kappa shape index (κ2) is 5.31. The van der Waals surface area contributed by atoms with Crippen LogP contribution in [-0.4, -0.2) is 0 Å². The van der Waals surface area contributed by atoms with Crippen LogP contribution in [0.15, 0.2) is 24.3 Å². The van der Waals surface area contributed by atoms with Gasteiger partial charge in [-0.05, 0) is 24.3 Å². The van der Waals surface area contributed by atoms with Crippen LogP contribution in [0.25, 0.3) is 0 Å². The number of nitrogens with two attached hydrogens (primary N) is 1. The summed E-state index contributed by atoms with van der Waals surface area (Å²) >= 11 is 0. The van der Waals surface area contributed by atoms with E-state index in [4.69, 9.17) is 11.0 Å². The van der Waals surface area contributed by atoms with Gasteiger partial charge in [0.05, 0.1) is 11.6 Å². The van der Waals surface area contributed by atoms with Crippen molar-refractivity contribution in [3.63, 3.8) is 0 Å². The summed E-state index contributed by atoms with van der Waals surface area (Å²) in [4.78, 5) is 0. The molecule has 1 aromatic carbocycles. The normalized spacial score (nSPS) is 7.36. The first-order valence-electron chi connectivity index (χ1n) is 3.58. The summed E-state index contributed by atoms with van der Waals surface area (Å²) in [7, 11) is 0. The van der Waals surface area contributed by atoms with Gasteiger partial charge in [-0.15, -0.1) is 0 Å².